The summed E-state index contributed by atoms with van der Waals surface area (Å²) in [5, 5.41) is 0. The number of epoxide rings is 2. The smallest absolute Gasteiger partial charge is 0.0841 e. The molecule has 3 aliphatic rings. The first-order valence-electron chi connectivity index (χ1n) is 5.18. The van der Waals surface area contributed by atoms with E-state index in [1.165, 1.54) is 25.7 Å². The van der Waals surface area contributed by atoms with Gasteiger partial charge in [-0.2, -0.15) is 0 Å². The Morgan fingerprint density at radius 2 is 1.17 bits per heavy atom. The van der Waals surface area contributed by atoms with Gasteiger partial charge >= 0.3 is 0 Å². The van der Waals surface area contributed by atoms with E-state index in [4.69, 9.17) is 9.47 Å². The van der Waals surface area contributed by atoms with Crippen LogP contribution >= 0.6 is 0 Å². The molecule has 0 amide bonds. The molecule has 2 heterocycles. The van der Waals surface area contributed by atoms with Gasteiger partial charge in [0.1, 0.15) is 0 Å². The third-order valence-corrected chi connectivity index (χ3v) is 3.55. The number of ether oxygens (including phenoxy) is 2. The van der Waals surface area contributed by atoms with Gasteiger partial charge in [-0.15, -0.1) is 0 Å². The third kappa shape index (κ3) is 1.27. The summed E-state index contributed by atoms with van der Waals surface area (Å²) in [6, 6.07) is 0. The third-order valence-electron chi connectivity index (χ3n) is 3.55. The van der Waals surface area contributed by atoms with E-state index < -0.39 is 0 Å². The first kappa shape index (κ1) is 7.34. The van der Waals surface area contributed by atoms with Gasteiger partial charge in [-0.1, -0.05) is 12.8 Å². The molecule has 3 unspecified atom stereocenters. The van der Waals surface area contributed by atoms with Crippen LogP contribution in [0.2, 0.25) is 0 Å². The second kappa shape index (κ2) is 2.71. The average Bonchev–Trinajstić information content (AvgIpc) is 2.99. The summed E-state index contributed by atoms with van der Waals surface area (Å²) in [6.07, 6.45) is 6.81. The Hall–Kier alpha value is -0.0800. The molecule has 0 N–H and O–H groups in total. The maximum atomic E-state index is 5.40. The summed E-state index contributed by atoms with van der Waals surface area (Å²) in [7, 11) is 0. The lowest BCUT2D eigenvalue weighted by Crippen LogP contribution is -2.28. The Balaban J connectivity index is 1.68. The molecule has 12 heavy (non-hydrogen) atoms. The van der Waals surface area contributed by atoms with Crippen molar-refractivity contribution in [3.8, 4) is 0 Å². The molecule has 0 spiro atoms. The van der Waals surface area contributed by atoms with Gasteiger partial charge < -0.3 is 9.47 Å². The van der Waals surface area contributed by atoms with Gasteiger partial charge in [-0.05, 0) is 24.7 Å². The van der Waals surface area contributed by atoms with Gasteiger partial charge in [0.2, 0.25) is 0 Å². The van der Waals surface area contributed by atoms with Gasteiger partial charge in [0, 0.05) is 0 Å². The Labute approximate surface area is 73.2 Å². The summed E-state index contributed by atoms with van der Waals surface area (Å²) < 4.78 is 10.8. The fourth-order valence-corrected chi connectivity index (χ4v) is 2.72. The molecule has 3 fully saturated rings. The van der Waals surface area contributed by atoms with E-state index in [-0.39, 0.29) is 0 Å². The molecule has 2 heteroatoms. The maximum absolute atomic E-state index is 5.40. The monoisotopic (exact) mass is 168 g/mol. The number of rotatable bonds is 2. The standard InChI is InChI=1S/C10H16O2/c1-2-4-8(10-6-12-10)7(3-1)9-5-11-9/h7-10H,1-6H2/t7?,8?,9-,10?/m0/s1. The minimum atomic E-state index is 0.611. The van der Waals surface area contributed by atoms with Crippen LogP contribution in [-0.4, -0.2) is 25.4 Å². The first-order valence-corrected chi connectivity index (χ1v) is 5.18. The SMILES string of the molecule is C1CCC([C@@H]2CO2)C(C2CO2)C1. The van der Waals surface area contributed by atoms with Gasteiger partial charge in [0.05, 0.1) is 25.4 Å². The predicted octanol–water partition coefficient (Wildman–Crippen LogP) is 1.59. The minimum absolute atomic E-state index is 0.611. The largest absolute Gasteiger partial charge is 0.373 e. The highest BCUT2D eigenvalue weighted by Gasteiger charge is 2.46. The first-order chi connectivity index (χ1) is 5.95. The zero-order chi connectivity index (χ0) is 7.97. The van der Waals surface area contributed by atoms with Crippen LogP contribution in [0.5, 0.6) is 0 Å². The van der Waals surface area contributed by atoms with Crippen molar-refractivity contribution < 1.29 is 9.47 Å². The summed E-state index contributed by atoms with van der Waals surface area (Å²) in [5.41, 5.74) is 0. The Morgan fingerprint density at radius 1 is 0.750 bits per heavy atom. The second-order valence-corrected chi connectivity index (χ2v) is 4.36. The normalized spacial score (nSPS) is 52.0. The van der Waals surface area contributed by atoms with Gasteiger partial charge in [0.25, 0.3) is 0 Å². The van der Waals surface area contributed by atoms with Crippen molar-refractivity contribution in [3.63, 3.8) is 0 Å². The fourth-order valence-electron chi connectivity index (χ4n) is 2.72. The van der Waals surface area contributed by atoms with Gasteiger partial charge in [-0.25, -0.2) is 0 Å². The van der Waals surface area contributed by atoms with E-state index in [1.807, 2.05) is 0 Å². The van der Waals surface area contributed by atoms with Crippen LogP contribution in [0, 0.1) is 11.8 Å². The predicted molar refractivity (Wildman–Crippen MR) is 44.9 cm³/mol. The molecular weight excluding hydrogens is 152 g/mol. The molecule has 4 atom stereocenters. The van der Waals surface area contributed by atoms with Crippen molar-refractivity contribution in [1.29, 1.82) is 0 Å². The van der Waals surface area contributed by atoms with E-state index in [0.717, 1.165) is 25.0 Å². The summed E-state index contributed by atoms with van der Waals surface area (Å²) >= 11 is 0. The molecule has 2 nitrogen and oxygen atoms in total. The topological polar surface area (TPSA) is 25.1 Å². The van der Waals surface area contributed by atoms with Crippen molar-refractivity contribution >= 4 is 0 Å². The van der Waals surface area contributed by atoms with E-state index in [0.29, 0.717) is 12.2 Å². The van der Waals surface area contributed by atoms with Crippen LogP contribution in [0.3, 0.4) is 0 Å². The number of hydrogen-bond donors (Lipinski definition) is 0. The molecule has 2 aliphatic heterocycles. The van der Waals surface area contributed by atoms with Gasteiger partial charge in [0.15, 0.2) is 0 Å². The fraction of sp³-hybridized carbons (Fsp3) is 1.00. The Morgan fingerprint density at radius 3 is 1.50 bits per heavy atom. The van der Waals surface area contributed by atoms with Crippen LogP contribution in [0.4, 0.5) is 0 Å². The van der Waals surface area contributed by atoms with Crippen LogP contribution in [0.1, 0.15) is 25.7 Å². The quantitative estimate of drug-likeness (QED) is 0.585. The Kier molecular flexibility index (Phi) is 1.66. The summed E-state index contributed by atoms with van der Waals surface area (Å²) in [6.45, 7) is 2.04. The highest BCUT2D eigenvalue weighted by Crippen LogP contribution is 2.43. The lowest BCUT2D eigenvalue weighted by Gasteiger charge is -2.29. The maximum Gasteiger partial charge on any atom is 0.0841 e. The van der Waals surface area contributed by atoms with E-state index >= 15 is 0 Å². The molecule has 0 aromatic rings. The molecule has 1 aliphatic carbocycles. The second-order valence-electron chi connectivity index (χ2n) is 4.36. The molecule has 1 saturated carbocycles. The summed E-state index contributed by atoms with van der Waals surface area (Å²) in [4.78, 5) is 0. The lowest BCUT2D eigenvalue weighted by molar-refractivity contribution is 0.151. The minimum Gasteiger partial charge on any atom is -0.373 e. The van der Waals surface area contributed by atoms with E-state index in [9.17, 15) is 0 Å². The van der Waals surface area contributed by atoms with Crippen molar-refractivity contribution in [3.05, 3.63) is 0 Å². The average molecular weight is 168 g/mol. The van der Waals surface area contributed by atoms with E-state index in [2.05, 4.69) is 0 Å². The van der Waals surface area contributed by atoms with Crippen LogP contribution in [-0.2, 0) is 9.47 Å². The van der Waals surface area contributed by atoms with Gasteiger partial charge in [-0.3, -0.25) is 0 Å². The van der Waals surface area contributed by atoms with Crippen molar-refractivity contribution in [2.75, 3.05) is 13.2 Å². The molecule has 0 radical (unpaired) electrons. The zero-order valence-corrected chi connectivity index (χ0v) is 7.37. The number of hydrogen-bond acceptors (Lipinski definition) is 2. The van der Waals surface area contributed by atoms with E-state index in [1.54, 1.807) is 0 Å². The van der Waals surface area contributed by atoms with Crippen LogP contribution in [0.25, 0.3) is 0 Å². The molecule has 0 bridgehead atoms. The molecule has 2 saturated heterocycles. The highest BCUT2D eigenvalue weighted by molar-refractivity contribution is 4.93. The molecule has 3 rings (SSSR count). The van der Waals surface area contributed by atoms with Crippen molar-refractivity contribution in [2.45, 2.75) is 37.9 Å². The molecule has 0 aromatic heterocycles. The molecular formula is C10H16O2. The summed E-state index contributed by atoms with van der Waals surface area (Å²) in [5.74, 6) is 1.68. The Bertz CT molecular complexity index is 153. The lowest BCUT2D eigenvalue weighted by atomic mass is 9.76. The van der Waals surface area contributed by atoms with Crippen LogP contribution < -0.4 is 0 Å². The van der Waals surface area contributed by atoms with Crippen molar-refractivity contribution in [1.82, 2.24) is 0 Å². The van der Waals surface area contributed by atoms with Crippen LogP contribution in [0.15, 0.2) is 0 Å². The molecule has 0 aromatic carbocycles. The molecule has 68 valence electrons. The zero-order valence-electron chi connectivity index (χ0n) is 7.37. The highest BCUT2D eigenvalue weighted by atomic mass is 16.6. The van der Waals surface area contributed by atoms with Crippen molar-refractivity contribution in [2.24, 2.45) is 11.8 Å².